The summed E-state index contributed by atoms with van der Waals surface area (Å²) >= 11 is 17.6. The second-order valence-corrected chi connectivity index (χ2v) is 6.94. The summed E-state index contributed by atoms with van der Waals surface area (Å²) in [6, 6.07) is 8.15. The van der Waals surface area contributed by atoms with Crippen LogP contribution < -0.4 is 5.32 Å². The van der Waals surface area contributed by atoms with Gasteiger partial charge in [-0.3, -0.25) is 0 Å². The maximum atomic E-state index is 6.30. The standard InChI is InChI=1S/C14H14BrCl2NS/c1-2-7-18-8-9-3-6-12(19-9)10-4-5-11(15)14(17)13(10)16/h3-6,18H,2,7-8H2,1H3. The molecule has 19 heavy (non-hydrogen) atoms. The molecule has 1 N–H and O–H groups in total. The smallest absolute Gasteiger partial charge is 0.0740 e. The number of hydrogen-bond donors (Lipinski definition) is 1. The predicted octanol–water partition coefficient (Wildman–Crippen LogP) is 5.98. The van der Waals surface area contributed by atoms with Crippen LogP contribution in [0.3, 0.4) is 0 Å². The van der Waals surface area contributed by atoms with Gasteiger partial charge in [0.15, 0.2) is 0 Å². The van der Waals surface area contributed by atoms with Crippen molar-refractivity contribution in [2.24, 2.45) is 0 Å². The number of halogens is 3. The van der Waals surface area contributed by atoms with Crippen molar-refractivity contribution in [2.75, 3.05) is 6.54 Å². The number of benzene rings is 1. The number of nitrogens with one attached hydrogen (secondary N) is 1. The van der Waals surface area contributed by atoms with E-state index < -0.39 is 0 Å². The van der Waals surface area contributed by atoms with Crippen LogP contribution in [-0.2, 0) is 6.54 Å². The molecule has 0 saturated heterocycles. The van der Waals surface area contributed by atoms with Crippen molar-refractivity contribution in [2.45, 2.75) is 19.9 Å². The van der Waals surface area contributed by atoms with Crippen molar-refractivity contribution in [3.8, 4) is 10.4 Å². The fourth-order valence-electron chi connectivity index (χ4n) is 1.72. The van der Waals surface area contributed by atoms with Crippen molar-refractivity contribution >= 4 is 50.5 Å². The highest BCUT2D eigenvalue weighted by Gasteiger charge is 2.11. The molecular weight excluding hydrogens is 365 g/mol. The molecule has 0 fully saturated rings. The average Bonchev–Trinajstić information content (AvgIpc) is 2.85. The van der Waals surface area contributed by atoms with E-state index in [1.54, 1.807) is 11.3 Å². The van der Waals surface area contributed by atoms with Gasteiger partial charge in [-0.15, -0.1) is 11.3 Å². The van der Waals surface area contributed by atoms with E-state index in [9.17, 15) is 0 Å². The summed E-state index contributed by atoms with van der Waals surface area (Å²) in [5.41, 5.74) is 0.988. The molecule has 2 aromatic rings. The van der Waals surface area contributed by atoms with Crippen LogP contribution in [0.1, 0.15) is 18.2 Å². The molecule has 1 nitrogen and oxygen atoms in total. The van der Waals surface area contributed by atoms with Crippen molar-refractivity contribution < 1.29 is 0 Å². The Morgan fingerprint density at radius 2 is 1.95 bits per heavy atom. The van der Waals surface area contributed by atoms with Crippen molar-refractivity contribution in [1.82, 2.24) is 5.32 Å². The van der Waals surface area contributed by atoms with E-state index in [1.165, 1.54) is 4.88 Å². The highest BCUT2D eigenvalue weighted by atomic mass is 79.9. The second-order valence-electron chi connectivity index (χ2n) is 4.17. The van der Waals surface area contributed by atoms with Gasteiger partial charge in [-0.25, -0.2) is 0 Å². The molecule has 0 unspecified atom stereocenters. The Hall–Kier alpha value is -0.0600. The van der Waals surface area contributed by atoms with Gasteiger partial charge < -0.3 is 5.32 Å². The monoisotopic (exact) mass is 377 g/mol. The highest BCUT2D eigenvalue weighted by molar-refractivity contribution is 9.10. The van der Waals surface area contributed by atoms with E-state index in [2.05, 4.69) is 40.3 Å². The molecule has 0 aliphatic carbocycles. The van der Waals surface area contributed by atoms with Gasteiger partial charge >= 0.3 is 0 Å². The lowest BCUT2D eigenvalue weighted by atomic mass is 10.2. The van der Waals surface area contributed by atoms with Crippen LogP contribution in [-0.4, -0.2) is 6.54 Å². The number of rotatable bonds is 5. The third kappa shape index (κ3) is 3.73. The number of thiophene rings is 1. The summed E-state index contributed by atoms with van der Waals surface area (Å²) in [5.74, 6) is 0. The second kappa shape index (κ2) is 7.09. The molecule has 0 aliphatic heterocycles. The van der Waals surface area contributed by atoms with Gasteiger partial charge in [-0.2, -0.15) is 0 Å². The normalized spacial score (nSPS) is 10.9. The molecule has 0 radical (unpaired) electrons. The summed E-state index contributed by atoms with van der Waals surface area (Å²) < 4.78 is 0.823. The molecule has 2 rings (SSSR count). The SMILES string of the molecule is CCCNCc1ccc(-c2ccc(Br)c(Cl)c2Cl)s1. The van der Waals surface area contributed by atoms with Gasteiger partial charge in [0.25, 0.3) is 0 Å². The summed E-state index contributed by atoms with van der Waals surface area (Å²) in [4.78, 5) is 2.45. The van der Waals surface area contributed by atoms with Crippen molar-refractivity contribution in [1.29, 1.82) is 0 Å². The Morgan fingerprint density at radius 3 is 2.68 bits per heavy atom. The van der Waals surface area contributed by atoms with Gasteiger partial charge in [0.05, 0.1) is 10.0 Å². The summed E-state index contributed by atoms with van der Waals surface area (Å²) in [7, 11) is 0. The lowest BCUT2D eigenvalue weighted by molar-refractivity contribution is 0.681. The Kier molecular flexibility index (Phi) is 5.72. The zero-order chi connectivity index (χ0) is 13.8. The maximum absolute atomic E-state index is 6.30. The minimum atomic E-state index is 0.568. The third-order valence-corrected chi connectivity index (χ3v) is 5.58. The zero-order valence-electron chi connectivity index (χ0n) is 10.5. The molecule has 102 valence electrons. The first-order valence-electron chi connectivity index (χ1n) is 6.06. The lowest BCUT2D eigenvalue weighted by Gasteiger charge is -2.05. The van der Waals surface area contributed by atoms with Crippen LogP contribution in [0.25, 0.3) is 10.4 Å². The van der Waals surface area contributed by atoms with Crippen LogP contribution in [0.15, 0.2) is 28.7 Å². The average molecular weight is 379 g/mol. The fourth-order valence-corrected chi connectivity index (χ4v) is 3.66. The first kappa shape index (κ1) is 15.3. The van der Waals surface area contributed by atoms with Crippen LogP contribution >= 0.6 is 50.5 Å². The van der Waals surface area contributed by atoms with E-state index >= 15 is 0 Å². The predicted molar refractivity (Wildman–Crippen MR) is 89.5 cm³/mol. The minimum Gasteiger partial charge on any atom is -0.312 e. The topological polar surface area (TPSA) is 12.0 Å². The van der Waals surface area contributed by atoms with Gasteiger partial charge in [-0.05, 0) is 47.1 Å². The molecule has 0 aliphatic rings. The maximum Gasteiger partial charge on any atom is 0.0740 e. The van der Waals surface area contributed by atoms with E-state index in [0.717, 1.165) is 34.4 Å². The molecule has 0 atom stereocenters. The van der Waals surface area contributed by atoms with Crippen molar-refractivity contribution in [3.05, 3.63) is 43.7 Å². The number of hydrogen-bond acceptors (Lipinski definition) is 2. The van der Waals surface area contributed by atoms with Crippen molar-refractivity contribution in [3.63, 3.8) is 0 Å². The Balaban J connectivity index is 2.21. The van der Waals surface area contributed by atoms with E-state index in [0.29, 0.717) is 10.0 Å². The van der Waals surface area contributed by atoms with Crippen LogP contribution in [0.4, 0.5) is 0 Å². The minimum absolute atomic E-state index is 0.568. The Bertz CT molecular complexity index is 569. The van der Waals surface area contributed by atoms with E-state index in [-0.39, 0.29) is 0 Å². The third-order valence-electron chi connectivity index (χ3n) is 2.69. The van der Waals surface area contributed by atoms with E-state index in [4.69, 9.17) is 23.2 Å². The summed E-state index contributed by atoms with van der Waals surface area (Å²) in [5, 5.41) is 4.57. The lowest BCUT2D eigenvalue weighted by Crippen LogP contribution is -2.12. The first-order valence-corrected chi connectivity index (χ1v) is 8.43. The molecule has 1 heterocycles. The molecule has 0 saturated carbocycles. The molecular formula is C14H14BrCl2NS. The zero-order valence-corrected chi connectivity index (χ0v) is 14.4. The fraction of sp³-hybridized carbons (Fsp3) is 0.286. The molecule has 0 amide bonds. The molecule has 1 aromatic carbocycles. The Labute approximate surface area is 136 Å². The van der Waals surface area contributed by atoms with Gasteiger partial charge in [0.2, 0.25) is 0 Å². The van der Waals surface area contributed by atoms with Crippen LogP contribution in [0, 0.1) is 0 Å². The van der Waals surface area contributed by atoms with Crippen LogP contribution in [0.2, 0.25) is 10.0 Å². The Morgan fingerprint density at radius 1 is 1.16 bits per heavy atom. The quantitative estimate of drug-likeness (QED) is 0.498. The molecule has 1 aromatic heterocycles. The summed E-state index contributed by atoms with van der Waals surface area (Å²) in [6.45, 7) is 4.11. The molecule has 0 bridgehead atoms. The largest absolute Gasteiger partial charge is 0.312 e. The molecule has 0 spiro atoms. The first-order chi connectivity index (χ1) is 9.13. The molecule has 5 heteroatoms. The van der Waals surface area contributed by atoms with Gasteiger partial charge in [-0.1, -0.05) is 36.2 Å². The summed E-state index contributed by atoms with van der Waals surface area (Å²) in [6.07, 6.45) is 1.15. The van der Waals surface area contributed by atoms with E-state index in [1.807, 2.05) is 12.1 Å². The van der Waals surface area contributed by atoms with Crippen LogP contribution in [0.5, 0.6) is 0 Å². The van der Waals surface area contributed by atoms with Gasteiger partial charge in [0, 0.05) is 26.3 Å². The highest BCUT2D eigenvalue weighted by Crippen LogP contribution is 2.40. The van der Waals surface area contributed by atoms with Gasteiger partial charge in [0.1, 0.15) is 0 Å².